The molecule has 1 N–H and O–H groups in total. The number of benzene rings is 2. The molecule has 0 bridgehead atoms. The number of nitrogens with zero attached hydrogens (tertiary/aromatic N) is 3. The molecule has 0 radical (unpaired) electrons. The molecule has 0 amide bonds. The highest BCUT2D eigenvalue weighted by Gasteiger charge is 2.22. The summed E-state index contributed by atoms with van der Waals surface area (Å²) in [7, 11) is -3.87. The average molecular weight is 467 g/mol. The summed E-state index contributed by atoms with van der Waals surface area (Å²) in [4.78, 5) is 15.0. The number of sulfonamides is 1. The molecule has 1 fully saturated rings. The third-order valence-corrected chi connectivity index (χ3v) is 7.31. The third kappa shape index (κ3) is 5.94. The maximum atomic E-state index is 12.5. The fraction of sp³-hybridized carbons (Fsp3) is 0.429. The van der Waals surface area contributed by atoms with E-state index >= 15 is 0 Å². The summed E-state index contributed by atoms with van der Waals surface area (Å²) in [6, 6.07) is 10.8. The number of nitro benzene ring substituents is 1. The first-order chi connectivity index (χ1) is 14.7. The van der Waals surface area contributed by atoms with Crippen LogP contribution in [0.2, 0.25) is 5.02 Å². The van der Waals surface area contributed by atoms with Crippen LogP contribution in [0.1, 0.15) is 17.5 Å². The molecule has 3 rings (SSSR count). The molecule has 0 spiro atoms. The molecule has 0 aromatic heterocycles. The molecule has 168 valence electrons. The van der Waals surface area contributed by atoms with Crippen LogP contribution in [0.5, 0.6) is 0 Å². The van der Waals surface area contributed by atoms with Crippen molar-refractivity contribution in [3.8, 4) is 0 Å². The predicted molar refractivity (Wildman–Crippen MR) is 122 cm³/mol. The summed E-state index contributed by atoms with van der Waals surface area (Å²) in [5.41, 5.74) is 2.42. The summed E-state index contributed by atoms with van der Waals surface area (Å²) in [5.74, 6) is 0. The van der Waals surface area contributed by atoms with Crippen molar-refractivity contribution in [2.45, 2.75) is 25.2 Å². The maximum Gasteiger partial charge on any atom is 0.275 e. The van der Waals surface area contributed by atoms with Crippen LogP contribution in [0.25, 0.3) is 0 Å². The molecule has 1 aliphatic heterocycles. The second kappa shape index (κ2) is 9.95. The lowest BCUT2D eigenvalue weighted by atomic mass is 10.2. The Morgan fingerprint density at radius 2 is 1.84 bits per heavy atom. The molecule has 1 aliphatic rings. The predicted octanol–water partition coefficient (Wildman–Crippen LogP) is 3.36. The number of rotatable bonds is 8. The van der Waals surface area contributed by atoms with Gasteiger partial charge in [0, 0.05) is 50.0 Å². The normalized spacial score (nSPS) is 15.3. The van der Waals surface area contributed by atoms with Crippen molar-refractivity contribution in [1.29, 1.82) is 0 Å². The lowest BCUT2D eigenvalue weighted by molar-refractivity contribution is -0.385. The summed E-state index contributed by atoms with van der Waals surface area (Å²) < 4.78 is 27.6. The first kappa shape index (κ1) is 23.5. The third-order valence-electron chi connectivity index (χ3n) is 5.48. The highest BCUT2D eigenvalue weighted by molar-refractivity contribution is 7.89. The van der Waals surface area contributed by atoms with Crippen LogP contribution >= 0.6 is 11.6 Å². The summed E-state index contributed by atoms with van der Waals surface area (Å²) in [6.45, 7) is 8.30. The van der Waals surface area contributed by atoms with Gasteiger partial charge in [-0.3, -0.25) is 15.0 Å². The second-order valence-corrected chi connectivity index (χ2v) is 9.90. The molecule has 8 nitrogen and oxygen atoms in total. The van der Waals surface area contributed by atoms with E-state index in [0.29, 0.717) is 6.42 Å². The van der Waals surface area contributed by atoms with Crippen LogP contribution in [0.3, 0.4) is 0 Å². The van der Waals surface area contributed by atoms with Crippen molar-refractivity contribution in [2.75, 3.05) is 44.2 Å². The van der Waals surface area contributed by atoms with Gasteiger partial charge in [-0.25, -0.2) is 13.1 Å². The van der Waals surface area contributed by atoms with E-state index in [1.807, 2.05) is 0 Å². The highest BCUT2D eigenvalue weighted by Crippen LogP contribution is 2.29. The molecule has 2 aromatic rings. The van der Waals surface area contributed by atoms with Crippen molar-refractivity contribution in [2.24, 2.45) is 0 Å². The summed E-state index contributed by atoms with van der Waals surface area (Å²) >= 11 is 5.99. The Kier molecular flexibility index (Phi) is 7.53. The van der Waals surface area contributed by atoms with E-state index < -0.39 is 14.9 Å². The van der Waals surface area contributed by atoms with Gasteiger partial charge in [0.25, 0.3) is 5.69 Å². The summed E-state index contributed by atoms with van der Waals surface area (Å²) in [5, 5.41) is 11.2. The van der Waals surface area contributed by atoms with Crippen LogP contribution < -0.4 is 9.62 Å². The van der Waals surface area contributed by atoms with E-state index in [4.69, 9.17) is 11.6 Å². The van der Waals surface area contributed by atoms with Gasteiger partial charge in [-0.15, -0.1) is 0 Å². The van der Waals surface area contributed by atoms with E-state index in [1.54, 1.807) is 0 Å². The second-order valence-electron chi connectivity index (χ2n) is 7.73. The van der Waals surface area contributed by atoms with Gasteiger partial charge in [-0.1, -0.05) is 23.7 Å². The first-order valence-electron chi connectivity index (χ1n) is 10.2. The molecule has 0 saturated carbocycles. The Morgan fingerprint density at radius 3 is 2.48 bits per heavy atom. The van der Waals surface area contributed by atoms with Gasteiger partial charge in [0.2, 0.25) is 10.0 Å². The van der Waals surface area contributed by atoms with Gasteiger partial charge in [-0.05, 0) is 50.6 Å². The average Bonchev–Trinajstić information content (AvgIpc) is 2.73. The van der Waals surface area contributed by atoms with Gasteiger partial charge in [0.15, 0.2) is 0 Å². The minimum atomic E-state index is -3.87. The smallest absolute Gasteiger partial charge is 0.275 e. The molecule has 0 unspecified atom stereocenters. The largest absolute Gasteiger partial charge is 0.369 e. The number of hydrogen-bond donors (Lipinski definition) is 1. The van der Waals surface area contributed by atoms with Gasteiger partial charge >= 0.3 is 0 Å². The number of anilines is 1. The zero-order valence-corrected chi connectivity index (χ0v) is 19.2. The fourth-order valence-electron chi connectivity index (χ4n) is 3.63. The van der Waals surface area contributed by atoms with Crippen molar-refractivity contribution < 1.29 is 13.3 Å². The van der Waals surface area contributed by atoms with Crippen LogP contribution in [-0.2, 0) is 10.0 Å². The van der Waals surface area contributed by atoms with Gasteiger partial charge < -0.3 is 4.90 Å². The van der Waals surface area contributed by atoms with Crippen LogP contribution in [-0.4, -0.2) is 57.5 Å². The fourth-order valence-corrected chi connectivity index (χ4v) is 5.03. The summed E-state index contributed by atoms with van der Waals surface area (Å²) in [6.07, 6.45) is 0.644. The number of piperazine rings is 1. The molecule has 0 atom stereocenters. The molecule has 10 heteroatoms. The van der Waals surface area contributed by atoms with Crippen molar-refractivity contribution in [1.82, 2.24) is 9.62 Å². The lowest BCUT2D eigenvalue weighted by Gasteiger charge is -2.36. The van der Waals surface area contributed by atoms with E-state index in [0.717, 1.165) is 38.8 Å². The molecular weight excluding hydrogens is 440 g/mol. The Balaban J connectivity index is 1.48. The quantitative estimate of drug-likeness (QED) is 0.364. The number of halogens is 1. The van der Waals surface area contributed by atoms with Crippen molar-refractivity contribution in [3.05, 3.63) is 62.7 Å². The van der Waals surface area contributed by atoms with Crippen LogP contribution in [0, 0.1) is 24.0 Å². The van der Waals surface area contributed by atoms with Crippen molar-refractivity contribution in [3.63, 3.8) is 0 Å². The van der Waals surface area contributed by atoms with Gasteiger partial charge in [-0.2, -0.15) is 0 Å². The van der Waals surface area contributed by atoms with Crippen LogP contribution in [0.4, 0.5) is 11.4 Å². The molecule has 1 saturated heterocycles. The van der Waals surface area contributed by atoms with E-state index in [2.05, 4.69) is 45.7 Å². The minimum absolute atomic E-state index is 0.0565. The van der Waals surface area contributed by atoms with Gasteiger partial charge in [0.05, 0.1) is 14.8 Å². The molecule has 0 aliphatic carbocycles. The van der Waals surface area contributed by atoms with Gasteiger partial charge in [0.1, 0.15) is 0 Å². The first-order valence-corrected chi connectivity index (χ1v) is 12.0. The monoisotopic (exact) mass is 466 g/mol. The maximum absolute atomic E-state index is 12.5. The van der Waals surface area contributed by atoms with E-state index in [1.165, 1.54) is 24.2 Å². The topological polar surface area (TPSA) is 95.8 Å². The molecule has 2 aromatic carbocycles. The van der Waals surface area contributed by atoms with E-state index in [-0.39, 0.29) is 27.7 Å². The zero-order valence-electron chi connectivity index (χ0n) is 17.7. The SMILES string of the molecule is Cc1cccc(N2CCN(CCCNS(=O)(=O)c3cc(Cl)c(C)c([N+](=O)[O-])c3)CC2)c1. The van der Waals surface area contributed by atoms with Crippen LogP contribution in [0.15, 0.2) is 41.3 Å². The standard InChI is InChI=1S/C21H27ClN4O4S/c1-16-5-3-6-18(13-16)25-11-9-24(10-12-25)8-4-7-23-31(29,30)19-14-20(22)17(2)21(15-19)26(27)28/h3,5-6,13-15,23H,4,7-12H2,1-2H3. The molecule has 31 heavy (non-hydrogen) atoms. The number of aryl methyl sites for hydroxylation is 1. The lowest BCUT2D eigenvalue weighted by Crippen LogP contribution is -2.47. The minimum Gasteiger partial charge on any atom is -0.369 e. The Labute approximate surface area is 188 Å². The molecular formula is C21H27ClN4O4S. The van der Waals surface area contributed by atoms with E-state index in [9.17, 15) is 18.5 Å². The Morgan fingerprint density at radius 1 is 1.13 bits per heavy atom. The number of hydrogen-bond acceptors (Lipinski definition) is 6. The zero-order chi connectivity index (χ0) is 22.6. The Hall–Kier alpha value is -2.20. The highest BCUT2D eigenvalue weighted by atomic mass is 35.5. The number of nitrogens with one attached hydrogen (secondary N) is 1. The number of nitro groups is 1. The van der Waals surface area contributed by atoms with Crippen molar-refractivity contribution >= 4 is 33.0 Å². The molecule has 1 heterocycles. The Bertz CT molecular complexity index is 1050.